The second-order valence-corrected chi connectivity index (χ2v) is 3.88. The normalized spacial score (nSPS) is 10.9. The standard InChI is InChI=1S/C11H14ClNOS/c1-14-11-6-8(4-2-3-5-15)9(12)7-10(11)13/h2,4,6-7,15H,3,5,13H2,1H3. The molecule has 0 aliphatic carbocycles. The quantitative estimate of drug-likeness (QED) is 0.629. The summed E-state index contributed by atoms with van der Waals surface area (Å²) in [6, 6.07) is 3.52. The molecular formula is C11H14ClNOS. The van der Waals surface area contributed by atoms with Crippen LogP contribution in [0.1, 0.15) is 12.0 Å². The molecule has 0 bridgehead atoms. The van der Waals surface area contributed by atoms with E-state index in [1.807, 2.05) is 18.2 Å². The minimum Gasteiger partial charge on any atom is -0.495 e. The first-order chi connectivity index (χ1) is 7.19. The lowest BCUT2D eigenvalue weighted by atomic mass is 10.1. The van der Waals surface area contributed by atoms with Gasteiger partial charge in [-0.1, -0.05) is 23.8 Å². The molecule has 0 spiro atoms. The van der Waals surface area contributed by atoms with Crippen LogP contribution in [0.3, 0.4) is 0 Å². The zero-order chi connectivity index (χ0) is 11.3. The van der Waals surface area contributed by atoms with Gasteiger partial charge in [0.15, 0.2) is 0 Å². The van der Waals surface area contributed by atoms with Gasteiger partial charge in [-0.05, 0) is 29.9 Å². The van der Waals surface area contributed by atoms with Crippen molar-refractivity contribution in [3.05, 3.63) is 28.8 Å². The van der Waals surface area contributed by atoms with Gasteiger partial charge < -0.3 is 10.5 Å². The monoisotopic (exact) mass is 243 g/mol. The molecule has 4 heteroatoms. The summed E-state index contributed by atoms with van der Waals surface area (Å²) in [6.07, 6.45) is 4.87. The highest BCUT2D eigenvalue weighted by atomic mass is 35.5. The van der Waals surface area contributed by atoms with Gasteiger partial charge in [-0.25, -0.2) is 0 Å². The molecule has 2 nitrogen and oxygen atoms in total. The Bertz CT molecular complexity index is 366. The third kappa shape index (κ3) is 3.36. The van der Waals surface area contributed by atoms with Crippen LogP contribution in [0.25, 0.3) is 6.08 Å². The fraction of sp³-hybridized carbons (Fsp3) is 0.273. The zero-order valence-corrected chi connectivity index (χ0v) is 10.2. The molecule has 0 fully saturated rings. The van der Waals surface area contributed by atoms with Crippen molar-refractivity contribution in [2.45, 2.75) is 6.42 Å². The van der Waals surface area contributed by atoms with Crippen molar-refractivity contribution in [3.63, 3.8) is 0 Å². The van der Waals surface area contributed by atoms with Crippen LogP contribution in [-0.2, 0) is 0 Å². The number of ether oxygens (including phenoxy) is 1. The maximum atomic E-state index is 6.03. The number of nitrogens with two attached hydrogens (primary N) is 1. The summed E-state index contributed by atoms with van der Waals surface area (Å²) in [4.78, 5) is 0. The van der Waals surface area contributed by atoms with Gasteiger partial charge in [0.25, 0.3) is 0 Å². The Balaban J connectivity index is 2.97. The van der Waals surface area contributed by atoms with Gasteiger partial charge in [0.2, 0.25) is 0 Å². The highest BCUT2D eigenvalue weighted by Gasteiger charge is 2.04. The number of allylic oxidation sites excluding steroid dienone is 1. The van der Waals surface area contributed by atoms with Crippen molar-refractivity contribution in [1.29, 1.82) is 0 Å². The lowest BCUT2D eigenvalue weighted by Crippen LogP contribution is -1.93. The van der Waals surface area contributed by atoms with Crippen LogP contribution in [0, 0.1) is 0 Å². The van der Waals surface area contributed by atoms with Gasteiger partial charge in [-0.15, -0.1) is 0 Å². The molecule has 0 atom stereocenters. The Morgan fingerprint density at radius 2 is 2.27 bits per heavy atom. The number of anilines is 1. The molecule has 0 aromatic heterocycles. The third-order valence-corrected chi connectivity index (χ3v) is 2.53. The molecule has 1 aromatic rings. The summed E-state index contributed by atoms with van der Waals surface area (Å²) in [7, 11) is 1.58. The number of rotatable bonds is 4. The number of hydrogen-bond donors (Lipinski definition) is 2. The number of benzene rings is 1. The molecule has 0 radical (unpaired) electrons. The predicted octanol–water partition coefficient (Wildman–Crippen LogP) is 3.26. The Morgan fingerprint density at radius 3 is 2.87 bits per heavy atom. The average Bonchev–Trinajstić information content (AvgIpc) is 2.21. The number of halogens is 1. The molecule has 0 heterocycles. The van der Waals surface area contributed by atoms with E-state index in [9.17, 15) is 0 Å². The fourth-order valence-corrected chi connectivity index (χ4v) is 1.56. The summed E-state index contributed by atoms with van der Waals surface area (Å²) in [5.74, 6) is 1.46. The largest absolute Gasteiger partial charge is 0.495 e. The maximum Gasteiger partial charge on any atom is 0.142 e. The molecule has 0 saturated heterocycles. The molecule has 0 aliphatic rings. The molecule has 1 aromatic carbocycles. The molecule has 0 unspecified atom stereocenters. The maximum absolute atomic E-state index is 6.03. The van der Waals surface area contributed by atoms with Gasteiger partial charge >= 0.3 is 0 Å². The molecule has 1 rings (SSSR count). The Morgan fingerprint density at radius 1 is 1.53 bits per heavy atom. The van der Waals surface area contributed by atoms with Crippen LogP contribution in [-0.4, -0.2) is 12.9 Å². The number of nitrogen functional groups attached to an aromatic ring is 1. The lowest BCUT2D eigenvalue weighted by Gasteiger charge is -2.07. The molecule has 0 aliphatic heterocycles. The van der Waals surface area contributed by atoms with Gasteiger partial charge in [0.1, 0.15) is 5.75 Å². The summed E-state index contributed by atoms with van der Waals surface area (Å²) in [6.45, 7) is 0. The topological polar surface area (TPSA) is 35.2 Å². The van der Waals surface area contributed by atoms with Crippen LogP contribution in [0.5, 0.6) is 5.75 Å². The molecular weight excluding hydrogens is 230 g/mol. The summed E-state index contributed by atoms with van der Waals surface area (Å²) >= 11 is 10.2. The van der Waals surface area contributed by atoms with E-state index in [2.05, 4.69) is 12.6 Å². The first kappa shape index (κ1) is 12.3. The fourth-order valence-electron chi connectivity index (χ4n) is 1.17. The van der Waals surface area contributed by atoms with Crippen molar-refractivity contribution in [3.8, 4) is 5.75 Å². The highest BCUT2D eigenvalue weighted by Crippen LogP contribution is 2.29. The zero-order valence-electron chi connectivity index (χ0n) is 8.53. The van der Waals surface area contributed by atoms with Crippen molar-refractivity contribution in [1.82, 2.24) is 0 Å². The van der Waals surface area contributed by atoms with Gasteiger partial charge in [-0.2, -0.15) is 12.6 Å². The van der Waals surface area contributed by atoms with E-state index in [4.69, 9.17) is 22.1 Å². The first-order valence-corrected chi connectivity index (χ1v) is 5.60. The van der Waals surface area contributed by atoms with Crippen LogP contribution in [0.15, 0.2) is 18.2 Å². The second-order valence-electron chi connectivity index (χ2n) is 3.03. The highest BCUT2D eigenvalue weighted by molar-refractivity contribution is 7.80. The van der Waals surface area contributed by atoms with E-state index in [0.29, 0.717) is 16.5 Å². The molecule has 2 N–H and O–H groups in total. The van der Waals surface area contributed by atoms with Crippen LogP contribution < -0.4 is 10.5 Å². The van der Waals surface area contributed by atoms with Crippen molar-refractivity contribution >= 4 is 36.0 Å². The Labute approximate surface area is 100 Å². The van der Waals surface area contributed by atoms with Crippen molar-refractivity contribution in [2.75, 3.05) is 18.6 Å². The van der Waals surface area contributed by atoms with E-state index in [1.165, 1.54) is 0 Å². The number of thiol groups is 1. The van der Waals surface area contributed by atoms with Crippen molar-refractivity contribution < 1.29 is 4.74 Å². The lowest BCUT2D eigenvalue weighted by molar-refractivity contribution is 0.417. The smallest absolute Gasteiger partial charge is 0.142 e. The summed E-state index contributed by atoms with van der Waals surface area (Å²) < 4.78 is 5.11. The van der Waals surface area contributed by atoms with Crippen molar-refractivity contribution in [2.24, 2.45) is 0 Å². The second kappa shape index (κ2) is 5.93. The SMILES string of the molecule is COc1cc(C=CCCS)c(Cl)cc1N. The first-order valence-electron chi connectivity index (χ1n) is 4.59. The van der Waals surface area contributed by atoms with Gasteiger partial charge in [0.05, 0.1) is 17.8 Å². The molecule has 82 valence electrons. The Hall–Kier alpha value is -0.800. The van der Waals surface area contributed by atoms with E-state index < -0.39 is 0 Å². The molecule has 0 amide bonds. The van der Waals surface area contributed by atoms with E-state index >= 15 is 0 Å². The number of hydrogen-bond acceptors (Lipinski definition) is 3. The average molecular weight is 244 g/mol. The molecule has 0 saturated carbocycles. The van der Waals surface area contributed by atoms with E-state index in [0.717, 1.165) is 17.7 Å². The van der Waals surface area contributed by atoms with Crippen LogP contribution >= 0.6 is 24.2 Å². The Kier molecular flexibility index (Phi) is 4.85. The van der Waals surface area contributed by atoms with Crippen LogP contribution in [0.2, 0.25) is 5.02 Å². The minimum atomic E-state index is 0.550. The van der Waals surface area contributed by atoms with Gasteiger partial charge in [-0.3, -0.25) is 0 Å². The van der Waals surface area contributed by atoms with E-state index in [1.54, 1.807) is 13.2 Å². The summed E-state index contributed by atoms with van der Waals surface area (Å²) in [5, 5.41) is 0.628. The van der Waals surface area contributed by atoms with E-state index in [-0.39, 0.29) is 0 Å². The number of methoxy groups -OCH3 is 1. The summed E-state index contributed by atoms with van der Waals surface area (Å²) in [5.41, 5.74) is 7.17. The predicted molar refractivity (Wildman–Crippen MR) is 69.9 cm³/mol. The van der Waals surface area contributed by atoms with Crippen LogP contribution in [0.4, 0.5) is 5.69 Å². The molecule has 15 heavy (non-hydrogen) atoms. The van der Waals surface area contributed by atoms with Gasteiger partial charge in [0, 0.05) is 0 Å². The third-order valence-electron chi connectivity index (χ3n) is 1.94. The minimum absolute atomic E-state index is 0.550.